The zero-order valence-electron chi connectivity index (χ0n) is 20.2. The van der Waals surface area contributed by atoms with Gasteiger partial charge >= 0.3 is 6.03 Å². The van der Waals surface area contributed by atoms with Gasteiger partial charge in [-0.2, -0.15) is 5.10 Å². The fourth-order valence-electron chi connectivity index (χ4n) is 4.09. The number of piperazine rings is 1. The number of halogens is 2. The van der Waals surface area contributed by atoms with Crippen molar-refractivity contribution in [1.82, 2.24) is 24.9 Å². The number of amides is 2. The summed E-state index contributed by atoms with van der Waals surface area (Å²) in [5.41, 5.74) is 1.48. The van der Waals surface area contributed by atoms with Crippen molar-refractivity contribution in [3.8, 4) is 11.3 Å². The summed E-state index contributed by atoms with van der Waals surface area (Å²) >= 11 is 0. The van der Waals surface area contributed by atoms with Crippen LogP contribution in [-0.4, -0.2) is 71.9 Å². The van der Waals surface area contributed by atoms with E-state index in [1.165, 1.54) is 16.8 Å². The molecule has 2 heterocycles. The minimum Gasteiger partial charge on any atom is -0.338 e. The molecule has 36 heavy (non-hydrogen) atoms. The van der Waals surface area contributed by atoms with Crippen LogP contribution in [0.1, 0.15) is 12.0 Å². The first kappa shape index (κ1) is 25.5. The van der Waals surface area contributed by atoms with Crippen molar-refractivity contribution in [2.45, 2.75) is 13.0 Å². The van der Waals surface area contributed by atoms with Crippen LogP contribution in [0.5, 0.6) is 0 Å². The zero-order valence-corrected chi connectivity index (χ0v) is 20.2. The number of anilines is 1. The third-order valence-electron chi connectivity index (χ3n) is 6.07. The Morgan fingerprint density at radius 1 is 1.00 bits per heavy atom. The van der Waals surface area contributed by atoms with E-state index in [0.29, 0.717) is 12.2 Å². The quantitative estimate of drug-likeness (QED) is 0.469. The molecule has 0 bridgehead atoms. The number of hydrogen-bond donors (Lipinski definition) is 2. The van der Waals surface area contributed by atoms with Gasteiger partial charge in [-0.25, -0.2) is 18.3 Å². The first-order valence-corrected chi connectivity index (χ1v) is 11.9. The molecule has 0 saturated carbocycles. The van der Waals surface area contributed by atoms with Gasteiger partial charge in [-0.05, 0) is 55.9 Å². The van der Waals surface area contributed by atoms with Crippen LogP contribution in [0, 0.1) is 11.6 Å². The first-order chi connectivity index (χ1) is 17.4. The van der Waals surface area contributed by atoms with Gasteiger partial charge in [-0.1, -0.05) is 12.1 Å². The molecule has 0 aliphatic carbocycles. The first-order valence-electron chi connectivity index (χ1n) is 11.9. The summed E-state index contributed by atoms with van der Waals surface area (Å²) in [5, 5.41) is 9.96. The minimum absolute atomic E-state index is 0.132. The van der Waals surface area contributed by atoms with Crippen molar-refractivity contribution in [3.63, 3.8) is 0 Å². The van der Waals surface area contributed by atoms with Crippen LogP contribution in [0.15, 0.2) is 59.4 Å². The van der Waals surface area contributed by atoms with Gasteiger partial charge in [0, 0.05) is 56.1 Å². The van der Waals surface area contributed by atoms with Crippen molar-refractivity contribution < 1.29 is 13.6 Å². The Morgan fingerprint density at radius 3 is 2.50 bits per heavy atom. The summed E-state index contributed by atoms with van der Waals surface area (Å²) < 4.78 is 28.4. The van der Waals surface area contributed by atoms with Crippen LogP contribution < -0.4 is 16.2 Å². The SMILES string of the molecule is CN1CCN(CCCNC(=O)Nc2cccc(Cn3nc(-c4cc(F)cc(F)c4)ccc3=O)c2)CC1. The number of likely N-dealkylation sites (N-methyl/N-ethyl adjacent to an activating group) is 1. The van der Waals surface area contributed by atoms with Crippen molar-refractivity contribution in [2.24, 2.45) is 0 Å². The van der Waals surface area contributed by atoms with Gasteiger partial charge < -0.3 is 20.4 Å². The molecule has 1 saturated heterocycles. The second-order valence-electron chi connectivity index (χ2n) is 8.95. The maximum absolute atomic E-state index is 13.6. The largest absolute Gasteiger partial charge is 0.338 e. The van der Waals surface area contributed by atoms with Crippen molar-refractivity contribution in [3.05, 3.63) is 82.1 Å². The highest BCUT2D eigenvalue weighted by Gasteiger charge is 2.13. The van der Waals surface area contributed by atoms with Gasteiger partial charge in [0.15, 0.2) is 0 Å². The number of benzene rings is 2. The maximum atomic E-state index is 13.6. The molecule has 3 aromatic rings. The monoisotopic (exact) mass is 496 g/mol. The van der Waals surface area contributed by atoms with Gasteiger partial charge in [0.1, 0.15) is 11.6 Å². The molecule has 1 aliphatic rings. The molecule has 8 nitrogen and oxygen atoms in total. The Bertz CT molecular complexity index is 1240. The number of rotatable bonds is 8. The van der Waals surface area contributed by atoms with Crippen molar-refractivity contribution in [1.29, 1.82) is 0 Å². The molecule has 0 spiro atoms. The molecule has 1 aliphatic heterocycles. The standard InChI is InChI=1S/C26H30F2N6O2/c1-32-10-12-33(13-11-32)9-3-8-29-26(36)30-23-5-2-4-19(14-23)18-34-25(35)7-6-24(31-34)20-15-21(27)17-22(28)16-20/h2,4-7,14-17H,3,8-13,18H2,1H3,(H2,29,30,36). The fraction of sp³-hybridized carbons (Fsp3) is 0.346. The van der Waals surface area contributed by atoms with Crippen LogP contribution in [0.3, 0.4) is 0 Å². The summed E-state index contributed by atoms with van der Waals surface area (Å²) in [6.45, 7) is 5.90. The van der Waals surface area contributed by atoms with Gasteiger partial charge in [0.2, 0.25) is 0 Å². The van der Waals surface area contributed by atoms with Crippen LogP contribution in [0.2, 0.25) is 0 Å². The molecular formula is C26H30F2N6O2. The highest BCUT2D eigenvalue weighted by molar-refractivity contribution is 5.89. The van der Waals surface area contributed by atoms with E-state index in [1.807, 2.05) is 6.07 Å². The fourth-order valence-corrected chi connectivity index (χ4v) is 4.09. The Hall–Kier alpha value is -3.63. The van der Waals surface area contributed by atoms with E-state index in [0.717, 1.165) is 62.9 Å². The van der Waals surface area contributed by atoms with E-state index in [9.17, 15) is 18.4 Å². The third kappa shape index (κ3) is 7.19. The Balaban J connectivity index is 1.32. The highest BCUT2D eigenvalue weighted by atomic mass is 19.1. The predicted molar refractivity (Wildman–Crippen MR) is 135 cm³/mol. The number of urea groups is 1. The van der Waals surface area contributed by atoms with Gasteiger partial charge in [-0.15, -0.1) is 0 Å². The minimum atomic E-state index is -0.721. The molecule has 0 atom stereocenters. The predicted octanol–water partition coefficient (Wildman–Crippen LogP) is 3.00. The molecule has 190 valence electrons. The lowest BCUT2D eigenvalue weighted by molar-refractivity contribution is 0.153. The normalized spacial score (nSPS) is 14.5. The van der Waals surface area contributed by atoms with Crippen LogP contribution in [0.4, 0.5) is 19.3 Å². The average Bonchev–Trinajstić information content (AvgIpc) is 2.84. The molecule has 0 unspecified atom stereocenters. The summed E-state index contributed by atoms with van der Waals surface area (Å²) in [6, 6.07) is 12.6. The molecule has 2 N–H and O–H groups in total. The highest BCUT2D eigenvalue weighted by Crippen LogP contribution is 2.19. The average molecular weight is 497 g/mol. The molecule has 4 rings (SSSR count). The molecule has 1 aromatic heterocycles. The van der Waals surface area contributed by atoms with E-state index in [-0.39, 0.29) is 29.4 Å². The lowest BCUT2D eigenvalue weighted by Crippen LogP contribution is -2.45. The van der Waals surface area contributed by atoms with Crippen LogP contribution in [0.25, 0.3) is 11.3 Å². The lowest BCUT2D eigenvalue weighted by atomic mass is 10.1. The third-order valence-corrected chi connectivity index (χ3v) is 6.07. The number of aromatic nitrogens is 2. The Morgan fingerprint density at radius 2 is 1.75 bits per heavy atom. The Labute approximate surface area is 208 Å². The zero-order chi connectivity index (χ0) is 25.5. The molecule has 1 fully saturated rings. The van der Waals surface area contributed by atoms with Crippen molar-refractivity contribution >= 4 is 11.7 Å². The van der Waals surface area contributed by atoms with E-state index < -0.39 is 11.6 Å². The molecule has 10 heteroatoms. The Kier molecular flexibility index (Phi) is 8.40. The van der Waals surface area contributed by atoms with E-state index in [4.69, 9.17) is 0 Å². The van der Waals surface area contributed by atoms with E-state index >= 15 is 0 Å². The van der Waals surface area contributed by atoms with E-state index in [1.54, 1.807) is 18.2 Å². The maximum Gasteiger partial charge on any atom is 0.319 e. The second-order valence-corrected chi connectivity index (χ2v) is 8.95. The topological polar surface area (TPSA) is 82.5 Å². The molecule has 0 radical (unpaired) electrons. The summed E-state index contributed by atoms with van der Waals surface area (Å²) in [5.74, 6) is -1.44. The molecule has 2 amide bonds. The number of hydrogen-bond acceptors (Lipinski definition) is 5. The smallest absolute Gasteiger partial charge is 0.319 e. The summed E-state index contributed by atoms with van der Waals surface area (Å²) in [7, 11) is 2.12. The second kappa shape index (κ2) is 11.9. The number of carbonyl (C=O) groups is 1. The molecule has 2 aromatic carbocycles. The van der Waals surface area contributed by atoms with E-state index in [2.05, 4.69) is 32.6 Å². The van der Waals surface area contributed by atoms with Gasteiger partial charge in [0.25, 0.3) is 5.56 Å². The van der Waals surface area contributed by atoms with Gasteiger partial charge in [0.05, 0.1) is 12.2 Å². The summed E-state index contributed by atoms with van der Waals surface area (Å²) in [6.07, 6.45) is 0.872. The lowest BCUT2D eigenvalue weighted by Gasteiger charge is -2.32. The number of nitrogens with zero attached hydrogens (tertiary/aromatic N) is 4. The van der Waals surface area contributed by atoms with Crippen LogP contribution in [-0.2, 0) is 6.54 Å². The summed E-state index contributed by atoms with van der Waals surface area (Å²) in [4.78, 5) is 29.4. The number of carbonyl (C=O) groups excluding carboxylic acids is 1. The van der Waals surface area contributed by atoms with Crippen LogP contribution >= 0.6 is 0 Å². The van der Waals surface area contributed by atoms with Gasteiger partial charge in [-0.3, -0.25) is 4.79 Å². The van der Waals surface area contributed by atoms with Crippen molar-refractivity contribution in [2.75, 3.05) is 51.6 Å². The number of nitrogens with one attached hydrogen (secondary N) is 2. The molecular weight excluding hydrogens is 466 g/mol.